The lowest BCUT2D eigenvalue weighted by molar-refractivity contribution is 1.54. The first-order chi connectivity index (χ1) is 13.9. The summed E-state index contributed by atoms with van der Waals surface area (Å²) < 4.78 is 0. The van der Waals surface area contributed by atoms with Crippen molar-refractivity contribution in [3.05, 3.63) is 150 Å². The summed E-state index contributed by atoms with van der Waals surface area (Å²) in [4.78, 5) is 0. The van der Waals surface area contributed by atoms with E-state index < -0.39 is 0 Å². The van der Waals surface area contributed by atoms with Crippen molar-refractivity contribution in [2.75, 3.05) is 0 Å². The molecule has 0 amide bonds. The molecule has 0 heteroatoms. The maximum Gasteiger partial charge on any atom is -0.0105 e. The third-order valence-electron chi connectivity index (χ3n) is 4.70. The molecule has 0 spiro atoms. The Balaban J connectivity index is 1.90. The summed E-state index contributed by atoms with van der Waals surface area (Å²) >= 11 is 0. The molecule has 134 valence electrons. The van der Waals surface area contributed by atoms with Crippen LogP contribution in [0.15, 0.2) is 127 Å². The fourth-order valence-corrected chi connectivity index (χ4v) is 3.29. The fourth-order valence-electron chi connectivity index (χ4n) is 3.29. The van der Waals surface area contributed by atoms with Gasteiger partial charge in [-0.15, -0.1) is 0 Å². The molecule has 0 fully saturated rings. The Morgan fingerprint density at radius 2 is 0.821 bits per heavy atom. The molecule has 0 aromatic heterocycles. The molecule has 28 heavy (non-hydrogen) atoms. The number of hydrogen-bond donors (Lipinski definition) is 0. The lowest BCUT2D eigenvalue weighted by Crippen LogP contribution is -1.90. The minimum absolute atomic E-state index is 1.19. The van der Waals surface area contributed by atoms with Crippen LogP contribution in [0.1, 0.15) is 22.3 Å². The highest BCUT2D eigenvalue weighted by molar-refractivity contribution is 5.96. The van der Waals surface area contributed by atoms with Crippen LogP contribution in [0, 0.1) is 0 Å². The molecular formula is C28H22. The second-order valence-electron chi connectivity index (χ2n) is 6.67. The molecule has 0 radical (unpaired) electrons. The van der Waals surface area contributed by atoms with Crippen molar-refractivity contribution in [2.45, 2.75) is 0 Å². The van der Waals surface area contributed by atoms with E-state index in [-0.39, 0.29) is 0 Å². The molecule has 0 saturated carbocycles. The highest BCUT2D eigenvalue weighted by Crippen LogP contribution is 2.29. The Morgan fingerprint density at radius 3 is 1.29 bits per heavy atom. The van der Waals surface area contributed by atoms with Gasteiger partial charge in [0, 0.05) is 0 Å². The van der Waals surface area contributed by atoms with Crippen molar-refractivity contribution in [3.8, 4) is 0 Å². The molecule has 0 nitrogen and oxygen atoms in total. The second kappa shape index (κ2) is 8.83. The Morgan fingerprint density at radius 1 is 0.429 bits per heavy atom. The molecule has 0 unspecified atom stereocenters. The Labute approximate surface area is 167 Å². The molecule has 0 heterocycles. The number of allylic oxidation sites excluding steroid dienone is 2. The van der Waals surface area contributed by atoms with Crippen LogP contribution in [0.5, 0.6) is 0 Å². The van der Waals surface area contributed by atoms with Crippen LogP contribution in [0.3, 0.4) is 0 Å². The van der Waals surface area contributed by atoms with E-state index in [1.807, 2.05) is 0 Å². The highest BCUT2D eigenvalue weighted by atomic mass is 14.1. The molecule has 0 aliphatic heterocycles. The van der Waals surface area contributed by atoms with E-state index in [4.69, 9.17) is 0 Å². The molecule has 4 aromatic carbocycles. The summed E-state index contributed by atoms with van der Waals surface area (Å²) in [7, 11) is 0. The Hall–Kier alpha value is -3.64. The first-order valence-electron chi connectivity index (χ1n) is 9.55. The summed E-state index contributed by atoms with van der Waals surface area (Å²) in [5.74, 6) is 0. The van der Waals surface area contributed by atoms with E-state index in [0.29, 0.717) is 0 Å². The Bertz CT molecular complexity index is 1020. The van der Waals surface area contributed by atoms with Gasteiger partial charge in [-0.1, -0.05) is 121 Å². The molecular weight excluding hydrogens is 336 g/mol. The number of benzene rings is 4. The summed E-state index contributed by atoms with van der Waals surface area (Å²) in [5, 5.41) is 0. The van der Waals surface area contributed by atoms with Gasteiger partial charge in [-0.3, -0.25) is 0 Å². The van der Waals surface area contributed by atoms with Gasteiger partial charge in [-0.25, -0.2) is 0 Å². The lowest BCUT2D eigenvalue weighted by Gasteiger charge is -2.11. The summed E-state index contributed by atoms with van der Waals surface area (Å²) in [5.41, 5.74) is 7.22. The van der Waals surface area contributed by atoms with Gasteiger partial charge in [-0.2, -0.15) is 0 Å². The average Bonchev–Trinajstić information content (AvgIpc) is 2.79. The highest BCUT2D eigenvalue weighted by Gasteiger charge is 2.07. The van der Waals surface area contributed by atoms with Crippen molar-refractivity contribution in [2.24, 2.45) is 0 Å². The summed E-state index contributed by atoms with van der Waals surface area (Å²) in [6.07, 6.45) is 4.55. The van der Waals surface area contributed by atoms with Gasteiger partial charge in [0.05, 0.1) is 0 Å². The van der Waals surface area contributed by atoms with E-state index in [2.05, 4.69) is 133 Å². The number of hydrogen-bond acceptors (Lipinski definition) is 0. The standard InChI is InChI=1S/C28H22/c1-5-13-23(14-6-1)21-27(24-15-7-2-8-16-24)22-28(25-17-9-3-10-18-25)26-19-11-4-12-20-26/h1-22H/b27-21-. The van der Waals surface area contributed by atoms with Crippen molar-refractivity contribution in [3.63, 3.8) is 0 Å². The smallest absolute Gasteiger partial charge is 0.0105 e. The van der Waals surface area contributed by atoms with E-state index in [1.165, 1.54) is 33.4 Å². The predicted molar refractivity (Wildman–Crippen MR) is 121 cm³/mol. The zero-order valence-corrected chi connectivity index (χ0v) is 15.7. The second-order valence-corrected chi connectivity index (χ2v) is 6.67. The third-order valence-corrected chi connectivity index (χ3v) is 4.70. The Kier molecular flexibility index (Phi) is 5.60. The molecule has 0 N–H and O–H groups in total. The zero-order valence-electron chi connectivity index (χ0n) is 15.7. The van der Waals surface area contributed by atoms with Gasteiger partial charge in [0.15, 0.2) is 0 Å². The predicted octanol–water partition coefficient (Wildman–Crippen LogP) is 7.36. The molecule has 0 bridgehead atoms. The van der Waals surface area contributed by atoms with Gasteiger partial charge >= 0.3 is 0 Å². The van der Waals surface area contributed by atoms with Crippen LogP contribution in [-0.2, 0) is 0 Å². The molecule has 0 atom stereocenters. The largest absolute Gasteiger partial charge is 0.0622 e. The molecule has 4 aromatic rings. The maximum absolute atomic E-state index is 2.30. The topological polar surface area (TPSA) is 0 Å². The van der Waals surface area contributed by atoms with Crippen LogP contribution in [0.2, 0.25) is 0 Å². The summed E-state index contributed by atoms with van der Waals surface area (Å²) in [6, 6.07) is 42.2. The van der Waals surface area contributed by atoms with Gasteiger partial charge in [0.2, 0.25) is 0 Å². The molecule has 0 aliphatic rings. The van der Waals surface area contributed by atoms with Crippen molar-refractivity contribution in [1.82, 2.24) is 0 Å². The molecule has 0 saturated heterocycles. The van der Waals surface area contributed by atoms with Gasteiger partial charge in [-0.05, 0) is 45.6 Å². The van der Waals surface area contributed by atoms with Gasteiger partial charge in [0.25, 0.3) is 0 Å². The van der Waals surface area contributed by atoms with Gasteiger partial charge < -0.3 is 0 Å². The molecule has 4 rings (SSSR count). The first-order valence-corrected chi connectivity index (χ1v) is 9.55. The number of rotatable bonds is 5. The van der Waals surface area contributed by atoms with E-state index in [1.54, 1.807) is 0 Å². The lowest BCUT2D eigenvalue weighted by atomic mass is 9.93. The normalized spacial score (nSPS) is 11.1. The zero-order chi connectivity index (χ0) is 19.0. The minimum atomic E-state index is 1.19. The third kappa shape index (κ3) is 4.36. The van der Waals surface area contributed by atoms with E-state index >= 15 is 0 Å². The monoisotopic (exact) mass is 358 g/mol. The molecule has 0 aliphatic carbocycles. The minimum Gasteiger partial charge on any atom is -0.0622 e. The fraction of sp³-hybridized carbons (Fsp3) is 0. The van der Waals surface area contributed by atoms with Crippen LogP contribution in [0.25, 0.3) is 17.2 Å². The van der Waals surface area contributed by atoms with Crippen LogP contribution in [-0.4, -0.2) is 0 Å². The summed E-state index contributed by atoms with van der Waals surface area (Å²) in [6.45, 7) is 0. The van der Waals surface area contributed by atoms with Crippen molar-refractivity contribution in [1.29, 1.82) is 0 Å². The van der Waals surface area contributed by atoms with Crippen LogP contribution >= 0.6 is 0 Å². The van der Waals surface area contributed by atoms with Crippen molar-refractivity contribution < 1.29 is 0 Å². The van der Waals surface area contributed by atoms with E-state index in [9.17, 15) is 0 Å². The van der Waals surface area contributed by atoms with E-state index in [0.717, 1.165) is 0 Å². The SMILES string of the molecule is C(=C(c1ccccc1)c1ccccc1)/C(=C/c1ccccc1)c1ccccc1. The maximum atomic E-state index is 2.30. The van der Waals surface area contributed by atoms with Crippen LogP contribution in [0.4, 0.5) is 0 Å². The van der Waals surface area contributed by atoms with Crippen molar-refractivity contribution >= 4 is 17.2 Å². The van der Waals surface area contributed by atoms with Gasteiger partial charge in [0.1, 0.15) is 0 Å². The quantitative estimate of drug-likeness (QED) is 0.258. The average molecular weight is 358 g/mol. The first kappa shape index (κ1) is 17.8. The van der Waals surface area contributed by atoms with Crippen LogP contribution < -0.4 is 0 Å².